The van der Waals surface area contributed by atoms with Crippen LogP contribution < -0.4 is 5.32 Å². The molecule has 0 aliphatic carbocycles. The largest absolute Gasteiger partial charge is 0.311 e. The van der Waals surface area contributed by atoms with Crippen LogP contribution in [-0.4, -0.2) is 27.5 Å². The Morgan fingerprint density at radius 3 is 2.64 bits per heavy atom. The molecule has 1 rings (SSSR count). The van der Waals surface area contributed by atoms with Crippen molar-refractivity contribution in [2.45, 2.75) is 6.04 Å². The molecule has 0 bridgehead atoms. The van der Waals surface area contributed by atoms with Gasteiger partial charge in [-0.3, -0.25) is 0 Å². The van der Waals surface area contributed by atoms with Crippen molar-refractivity contribution in [3.8, 4) is 0 Å². The Kier molecular flexibility index (Phi) is 3.94. The summed E-state index contributed by atoms with van der Waals surface area (Å²) in [7, 11) is -1.26. The van der Waals surface area contributed by atoms with Crippen LogP contribution in [0.2, 0.25) is 5.02 Å². The zero-order valence-corrected chi connectivity index (χ0v) is 10.3. The van der Waals surface area contributed by atoms with E-state index in [1.807, 2.05) is 5.38 Å². The minimum absolute atomic E-state index is 0.0731. The first-order valence-electron chi connectivity index (χ1n) is 4.02. The Morgan fingerprint density at radius 1 is 1.64 bits per heavy atom. The zero-order valence-electron chi connectivity index (χ0n) is 7.95. The van der Waals surface area contributed by atoms with Crippen LogP contribution in [-0.2, 0) is 9.84 Å². The molecule has 0 amide bonds. The van der Waals surface area contributed by atoms with E-state index in [2.05, 4.69) is 5.32 Å². The summed E-state index contributed by atoms with van der Waals surface area (Å²) < 4.78 is 22.3. The van der Waals surface area contributed by atoms with Crippen LogP contribution in [0.3, 0.4) is 0 Å². The third-order valence-electron chi connectivity index (χ3n) is 1.78. The van der Waals surface area contributed by atoms with Gasteiger partial charge in [-0.1, -0.05) is 11.6 Å². The standard InChI is InChI=1S/C8H12ClNO2S2/c1-10-7(5-14(2,11)12)8-6(9)3-4-13-8/h3-4,7,10H,5H2,1-2H3. The van der Waals surface area contributed by atoms with E-state index in [0.717, 1.165) is 4.88 Å². The van der Waals surface area contributed by atoms with Crippen molar-refractivity contribution in [2.24, 2.45) is 0 Å². The first-order chi connectivity index (χ1) is 6.44. The molecule has 0 aliphatic heterocycles. The van der Waals surface area contributed by atoms with Crippen molar-refractivity contribution in [3.05, 3.63) is 21.3 Å². The van der Waals surface area contributed by atoms with Gasteiger partial charge in [0.25, 0.3) is 0 Å². The van der Waals surface area contributed by atoms with Gasteiger partial charge in [0.1, 0.15) is 9.84 Å². The summed E-state index contributed by atoms with van der Waals surface area (Å²) in [6.07, 6.45) is 1.22. The second kappa shape index (κ2) is 4.61. The molecule has 3 nitrogen and oxygen atoms in total. The molecule has 1 N–H and O–H groups in total. The van der Waals surface area contributed by atoms with E-state index in [0.29, 0.717) is 5.02 Å². The summed E-state index contributed by atoms with van der Waals surface area (Å²) in [6, 6.07) is 1.56. The van der Waals surface area contributed by atoms with Gasteiger partial charge in [-0.15, -0.1) is 11.3 Å². The van der Waals surface area contributed by atoms with Crippen molar-refractivity contribution in [1.82, 2.24) is 5.32 Å². The van der Waals surface area contributed by atoms with Crippen molar-refractivity contribution in [3.63, 3.8) is 0 Å². The maximum Gasteiger partial charge on any atom is 0.149 e. The molecule has 0 aromatic carbocycles. The summed E-state index contributed by atoms with van der Waals surface area (Å²) in [5.41, 5.74) is 0. The molecule has 0 aliphatic rings. The van der Waals surface area contributed by atoms with Crippen LogP contribution in [0.1, 0.15) is 10.9 Å². The molecule has 1 atom stereocenters. The van der Waals surface area contributed by atoms with Crippen molar-refractivity contribution < 1.29 is 8.42 Å². The molecular formula is C8H12ClNO2S2. The minimum atomic E-state index is -2.99. The van der Waals surface area contributed by atoms with Gasteiger partial charge >= 0.3 is 0 Å². The number of hydrogen-bond acceptors (Lipinski definition) is 4. The first-order valence-corrected chi connectivity index (χ1v) is 7.33. The first kappa shape index (κ1) is 12.0. The second-order valence-corrected chi connectivity index (χ2v) is 6.61. The lowest BCUT2D eigenvalue weighted by Crippen LogP contribution is -2.24. The van der Waals surface area contributed by atoms with E-state index in [4.69, 9.17) is 11.6 Å². The van der Waals surface area contributed by atoms with Crippen LogP contribution in [0.15, 0.2) is 11.4 Å². The average molecular weight is 254 g/mol. The van der Waals surface area contributed by atoms with E-state index in [1.54, 1.807) is 13.1 Å². The highest BCUT2D eigenvalue weighted by atomic mass is 35.5. The summed E-state index contributed by atoms with van der Waals surface area (Å²) >= 11 is 7.38. The summed E-state index contributed by atoms with van der Waals surface area (Å²) in [5.74, 6) is 0.0731. The van der Waals surface area contributed by atoms with Gasteiger partial charge in [0.05, 0.1) is 16.8 Å². The molecule has 6 heteroatoms. The lowest BCUT2D eigenvalue weighted by Gasteiger charge is -2.13. The van der Waals surface area contributed by atoms with Gasteiger partial charge in [0, 0.05) is 11.1 Å². The van der Waals surface area contributed by atoms with Crippen molar-refractivity contribution >= 4 is 32.8 Å². The number of sulfone groups is 1. The number of halogens is 1. The third kappa shape index (κ3) is 3.24. The molecule has 1 heterocycles. The molecule has 1 unspecified atom stereocenters. The molecule has 1 aromatic rings. The van der Waals surface area contributed by atoms with E-state index in [9.17, 15) is 8.42 Å². The minimum Gasteiger partial charge on any atom is -0.311 e. The Labute approximate surface area is 93.0 Å². The summed E-state index contributed by atoms with van der Waals surface area (Å²) in [4.78, 5) is 0.875. The van der Waals surface area contributed by atoms with E-state index < -0.39 is 9.84 Å². The highest BCUT2D eigenvalue weighted by Gasteiger charge is 2.18. The quantitative estimate of drug-likeness (QED) is 0.889. The van der Waals surface area contributed by atoms with E-state index in [-0.39, 0.29) is 11.8 Å². The van der Waals surface area contributed by atoms with Crippen LogP contribution in [0.5, 0.6) is 0 Å². The van der Waals surface area contributed by atoms with Crippen LogP contribution in [0.25, 0.3) is 0 Å². The van der Waals surface area contributed by atoms with Crippen molar-refractivity contribution in [1.29, 1.82) is 0 Å². The number of rotatable bonds is 4. The highest BCUT2D eigenvalue weighted by Crippen LogP contribution is 2.29. The topological polar surface area (TPSA) is 46.2 Å². The molecule has 1 aromatic heterocycles. The van der Waals surface area contributed by atoms with Gasteiger partial charge in [-0.25, -0.2) is 8.42 Å². The van der Waals surface area contributed by atoms with Gasteiger partial charge in [-0.05, 0) is 18.5 Å². The fourth-order valence-electron chi connectivity index (χ4n) is 1.15. The van der Waals surface area contributed by atoms with Crippen LogP contribution in [0.4, 0.5) is 0 Å². The molecule has 0 fully saturated rings. The maximum absolute atomic E-state index is 11.1. The van der Waals surface area contributed by atoms with Gasteiger partial charge < -0.3 is 5.32 Å². The highest BCUT2D eigenvalue weighted by molar-refractivity contribution is 7.90. The lowest BCUT2D eigenvalue weighted by atomic mass is 10.3. The number of thiophene rings is 1. The predicted molar refractivity (Wildman–Crippen MR) is 60.8 cm³/mol. The molecule has 0 spiro atoms. The Bertz CT molecular complexity index is 399. The number of nitrogens with one attached hydrogen (secondary N) is 1. The second-order valence-electron chi connectivity index (χ2n) is 3.07. The fraction of sp³-hybridized carbons (Fsp3) is 0.500. The average Bonchev–Trinajstić information content (AvgIpc) is 2.45. The lowest BCUT2D eigenvalue weighted by molar-refractivity contribution is 0.582. The molecule has 0 saturated heterocycles. The number of hydrogen-bond donors (Lipinski definition) is 1. The molecule has 80 valence electrons. The maximum atomic E-state index is 11.1. The molecular weight excluding hydrogens is 242 g/mol. The van der Waals surface area contributed by atoms with Crippen molar-refractivity contribution in [2.75, 3.05) is 19.1 Å². The van der Waals surface area contributed by atoms with E-state index in [1.165, 1.54) is 17.6 Å². The Balaban J connectivity index is 2.89. The van der Waals surface area contributed by atoms with Gasteiger partial charge in [0.2, 0.25) is 0 Å². The summed E-state index contributed by atoms with van der Waals surface area (Å²) in [6.45, 7) is 0. The SMILES string of the molecule is CNC(CS(C)(=O)=O)c1sccc1Cl. The molecule has 0 radical (unpaired) electrons. The Morgan fingerprint density at radius 2 is 2.29 bits per heavy atom. The predicted octanol–water partition coefficient (Wildman–Crippen LogP) is 1.71. The molecule has 14 heavy (non-hydrogen) atoms. The smallest absolute Gasteiger partial charge is 0.149 e. The zero-order chi connectivity index (χ0) is 10.8. The van der Waals surface area contributed by atoms with Crippen LogP contribution in [0, 0.1) is 0 Å². The third-order valence-corrected chi connectivity index (χ3v) is 4.19. The van der Waals surface area contributed by atoms with Gasteiger partial charge in [0.15, 0.2) is 0 Å². The fourth-order valence-corrected chi connectivity index (χ4v) is 3.49. The normalized spacial score (nSPS) is 14.2. The monoisotopic (exact) mass is 253 g/mol. The Hall–Kier alpha value is -0.100. The van der Waals surface area contributed by atoms with Gasteiger partial charge in [-0.2, -0.15) is 0 Å². The summed E-state index contributed by atoms with van der Waals surface area (Å²) in [5, 5.41) is 5.42. The van der Waals surface area contributed by atoms with Crippen LogP contribution >= 0.6 is 22.9 Å². The molecule has 0 saturated carbocycles. The van der Waals surface area contributed by atoms with E-state index >= 15 is 0 Å².